The fraction of sp³-hybridized carbons (Fsp3) is 0.259. The van der Waals surface area contributed by atoms with Gasteiger partial charge in [0.2, 0.25) is 15.0 Å². The average molecular weight is 525 g/mol. The van der Waals surface area contributed by atoms with Crippen LogP contribution in [0.1, 0.15) is 36.4 Å². The van der Waals surface area contributed by atoms with Crippen LogP contribution in [0.3, 0.4) is 0 Å². The molecule has 0 fully saturated rings. The van der Waals surface area contributed by atoms with E-state index in [2.05, 4.69) is 10.3 Å². The number of hydrogen-bond donors (Lipinski definition) is 1. The lowest BCUT2D eigenvalue weighted by atomic mass is 10.2. The Hall–Kier alpha value is -3.92. The summed E-state index contributed by atoms with van der Waals surface area (Å²) >= 11 is 0. The van der Waals surface area contributed by atoms with Gasteiger partial charge in [0, 0.05) is 11.6 Å². The van der Waals surface area contributed by atoms with Crippen LogP contribution in [0.4, 0.5) is 9.18 Å². The molecule has 0 saturated carbocycles. The quantitative estimate of drug-likeness (QED) is 0.323. The van der Waals surface area contributed by atoms with E-state index in [0.29, 0.717) is 11.5 Å². The second-order valence-corrected chi connectivity index (χ2v) is 10.9. The number of nitrogens with one attached hydrogen (secondary N) is 1. The van der Waals surface area contributed by atoms with Crippen molar-refractivity contribution in [2.75, 3.05) is 0 Å². The number of nitrogens with zero attached hydrogens (tertiary/aromatic N) is 3. The number of rotatable bonds is 10. The number of hydrogen-bond acceptors (Lipinski definition) is 5. The van der Waals surface area contributed by atoms with Crippen LogP contribution in [0, 0.1) is 5.82 Å². The van der Waals surface area contributed by atoms with Crippen LogP contribution in [0.25, 0.3) is 0 Å². The molecule has 4 rings (SSSR count). The zero-order valence-electron chi connectivity index (χ0n) is 20.7. The van der Waals surface area contributed by atoms with E-state index in [9.17, 15) is 17.6 Å². The Labute approximate surface area is 215 Å². The lowest BCUT2D eigenvalue weighted by Crippen LogP contribution is -2.42. The first kappa shape index (κ1) is 26.2. The first-order chi connectivity index (χ1) is 17.7. The van der Waals surface area contributed by atoms with Gasteiger partial charge >= 0.3 is 6.03 Å². The summed E-state index contributed by atoms with van der Waals surface area (Å²) in [5.41, 5.74) is 1.43. The van der Waals surface area contributed by atoms with Gasteiger partial charge in [0.25, 0.3) is 0 Å². The van der Waals surface area contributed by atoms with Gasteiger partial charge in [0.1, 0.15) is 11.6 Å². The van der Waals surface area contributed by atoms with Crippen molar-refractivity contribution >= 4 is 15.9 Å². The van der Waals surface area contributed by atoms with Crippen molar-refractivity contribution in [3.05, 3.63) is 108 Å². The van der Waals surface area contributed by atoms with Crippen molar-refractivity contribution in [1.82, 2.24) is 19.8 Å². The maximum atomic E-state index is 14.3. The minimum atomic E-state index is -4.02. The Balaban J connectivity index is 1.71. The van der Waals surface area contributed by atoms with Crippen LogP contribution >= 0.6 is 0 Å². The molecule has 8 nitrogen and oxygen atoms in total. The Morgan fingerprint density at radius 3 is 2.46 bits per heavy atom. The third kappa shape index (κ3) is 6.65. The molecule has 2 aromatic heterocycles. The second-order valence-electron chi connectivity index (χ2n) is 8.99. The Morgan fingerprint density at radius 1 is 1.05 bits per heavy atom. The molecule has 0 radical (unpaired) electrons. The normalized spacial score (nSPS) is 11.6. The molecular weight excluding hydrogens is 495 g/mol. The maximum Gasteiger partial charge on any atom is 0.318 e. The molecule has 37 heavy (non-hydrogen) atoms. The minimum Gasteiger partial charge on any atom is -0.467 e. The first-order valence-electron chi connectivity index (χ1n) is 11.9. The molecule has 0 aliphatic rings. The Bertz CT molecular complexity index is 1430. The number of halogens is 1. The molecule has 0 atom stereocenters. The number of furan rings is 1. The van der Waals surface area contributed by atoms with Gasteiger partial charge in [-0.25, -0.2) is 22.6 Å². The highest BCUT2D eigenvalue weighted by Gasteiger charge is 2.27. The van der Waals surface area contributed by atoms with Gasteiger partial charge in [-0.3, -0.25) is 0 Å². The van der Waals surface area contributed by atoms with Gasteiger partial charge in [-0.05, 0) is 37.6 Å². The van der Waals surface area contributed by atoms with Gasteiger partial charge in [0.05, 0.1) is 43.5 Å². The van der Waals surface area contributed by atoms with Gasteiger partial charge in [-0.15, -0.1) is 0 Å². The number of carbonyl (C=O) groups excluding carboxylic acids is 1. The fourth-order valence-electron chi connectivity index (χ4n) is 3.91. The summed E-state index contributed by atoms with van der Waals surface area (Å²) in [6, 6.07) is 18.2. The number of sulfone groups is 1. The highest BCUT2D eigenvalue weighted by atomic mass is 32.2. The number of aromatic nitrogens is 2. The lowest BCUT2D eigenvalue weighted by Gasteiger charge is -2.24. The van der Waals surface area contributed by atoms with E-state index in [1.165, 1.54) is 35.6 Å². The van der Waals surface area contributed by atoms with Crippen LogP contribution in [0.2, 0.25) is 0 Å². The molecule has 10 heteroatoms. The minimum absolute atomic E-state index is 0.0640. The molecule has 2 heterocycles. The van der Waals surface area contributed by atoms with Crippen molar-refractivity contribution in [1.29, 1.82) is 0 Å². The van der Waals surface area contributed by atoms with Crippen molar-refractivity contribution < 1.29 is 22.0 Å². The number of imidazole rings is 1. The molecule has 0 saturated heterocycles. The third-order valence-corrected chi connectivity index (χ3v) is 7.22. The van der Waals surface area contributed by atoms with Crippen molar-refractivity contribution in [2.24, 2.45) is 0 Å². The molecule has 1 N–H and O–H groups in total. The highest BCUT2D eigenvalue weighted by Crippen LogP contribution is 2.22. The van der Waals surface area contributed by atoms with Crippen LogP contribution in [-0.4, -0.2) is 34.9 Å². The summed E-state index contributed by atoms with van der Waals surface area (Å²) in [6.07, 6.45) is 2.98. The Kier molecular flexibility index (Phi) is 8.08. The molecule has 0 aliphatic carbocycles. The Morgan fingerprint density at radius 2 is 1.78 bits per heavy atom. The fourth-order valence-corrected chi connectivity index (χ4v) is 5.41. The van der Waals surface area contributed by atoms with Crippen LogP contribution in [0.5, 0.6) is 0 Å². The monoisotopic (exact) mass is 524 g/mol. The van der Waals surface area contributed by atoms with Crippen LogP contribution < -0.4 is 5.32 Å². The van der Waals surface area contributed by atoms with E-state index in [0.717, 1.165) is 5.56 Å². The summed E-state index contributed by atoms with van der Waals surface area (Å²) < 4.78 is 48.2. The standard InChI is InChI=1S/C27H29FN4O4S/c1-20(2)30-26(33)31(18-24-12-8-14-36-24)17-23-15-29-27(32(23)16-21-9-4-3-5-10-21)37(34,35)19-22-11-6-7-13-25(22)28/h3-15,20H,16-19H2,1-2H3,(H,30,33). The van der Waals surface area contributed by atoms with Gasteiger partial charge < -0.3 is 19.2 Å². The SMILES string of the molecule is CC(C)NC(=O)N(Cc1ccco1)Cc1cnc(S(=O)(=O)Cc2ccccc2F)n1Cc1ccccc1. The number of benzene rings is 2. The number of urea groups is 1. The zero-order chi connectivity index (χ0) is 26.4. The predicted molar refractivity (Wildman–Crippen MR) is 137 cm³/mol. The van der Waals surface area contributed by atoms with E-state index in [4.69, 9.17) is 4.42 Å². The molecule has 0 spiro atoms. The molecule has 0 unspecified atom stereocenters. The molecule has 0 aliphatic heterocycles. The summed E-state index contributed by atoms with van der Waals surface area (Å²) in [6.45, 7) is 4.18. The van der Waals surface area contributed by atoms with Gasteiger partial charge in [-0.2, -0.15) is 0 Å². The van der Waals surface area contributed by atoms with Gasteiger partial charge in [0.15, 0.2) is 0 Å². The van der Waals surface area contributed by atoms with E-state index >= 15 is 0 Å². The summed E-state index contributed by atoms with van der Waals surface area (Å²) in [5, 5.41) is 2.69. The molecule has 2 amide bonds. The van der Waals surface area contributed by atoms with Crippen molar-refractivity contribution in [3.63, 3.8) is 0 Å². The molecule has 2 aromatic carbocycles. The third-order valence-electron chi connectivity index (χ3n) is 5.65. The van der Waals surface area contributed by atoms with E-state index in [1.807, 2.05) is 44.2 Å². The maximum absolute atomic E-state index is 14.3. The summed E-state index contributed by atoms with van der Waals surface area (Å²) in [5.74, 6) is -0.544. The second kappa shape index (κ2) is 11.4. The smallest absolute Gasteiger partial charge is 0.318 e. The topological polar surface area (TPSA) is 97.4 Å². The molecule has 194 valence electrons. The van der Waals surface area contributed by atoms with Crippen molar-refractivity contribution in [3.8, 4) is 0 Å². The van der Waals surface area contributed by atoms with E-state index in [1.54, 1.807) is 22.8 Å². The summed E-state index contributed by atoms with van der Waals surface area (Å²) in [4.78, 5) is 18.8. The largest absolute Gasteiger partial charge is 0.467 e. The number of carbonyl (C=O) groups is 1. The highest BCUT2D eigenvalue weighted by molar-refractivity contribution is 7.90. The van der Waals surface area contributed by atoms with E-state index < -0.39 is 21.4 Å². The molecule has 0 bridgehead atoms. The zero-order valence-corrected chi connectivity index (χ0v) is 21.5. The first-order valence-corrected chi connectivity index (χ1v) is 13.5. The lowest BCUT2D eigenvalue weighted by molar-refractivity contribution is 0.183. The summed E-state index contributed by atoms with van der Waals surface area (Å²) in [7, 11) is -4.02. The van der Waals surface area contributed by atoms with Crippen LogP contribution in [0.15, 0.2) is 88.8 Å². The molecular formula is C27H29FN4O4S. The molecule has 4 aromatic rings. The van der Waals surface area contributed by atoms with Crippen LogP contribution in [-0.2, 0) is 35.2 Å². The average Bonchev–Trinajstić information content (AvgIpc) is 3.51. The predicted octanol–water partition coefficient (Wildman–Crippen LogP) is 4.76. The van der Waals surface area contributed by atoms with E-state index in [-0.39, 0.29) is 42.4 Å². The van der Waals surface area contributed by atoms with Crippen molar-refractivity contribution in [2.45, 2.75) is 50.4 Å². The number of amides is 2. The van der Waals surface area contributed by atoms with Gasteiger partial charge in [-0.1, -0.05) is 48.5 Å².